The molecule has 1 fully saturated rings. The summed E-state index contributed by atoms with van der Waals surface area (Å²) < 4.78 is 79.7. The number of rotatable bonds is 6. The Kier molecular flexibility index (Phi) is 12.9. The number of nitrogens with zero attached hydrogens (tertiary/aromatic N) is 1. The van der Waals surface area contributed by atoms with Crippen LogP contribution < -0.4 is 5.32 Å². The predicted octanol–water partition coefficient (Wildman–Crippen LogP) is 7.66. The van der Waals surface area contributed by atoms with Gasteiger partial charge in [0.15, 0.2) is 0 Å². The SMILES string of the molecule is CC.CO[C@H](C)c1cc(C(F)(F)F)cc(C(F)(F)F)c1.O=CNC=NC1CC(C2=CC=CCCC2)C1. The molecule has 36 heavy (non-hydrogen) atoms. The van der Waals surface area contributed by atoms with Crippen LogP contribution in [0.2, 0.25) is 0 Å². The van der Waals surface area contributed by atoms with Crippen molar-refractivity contribution in [3.05, 3.63) is 58.7 Å². The molecule has 10 heteroatoms. The summed E-state index contributed by atoms with van der Waals surface area (Å²) in [5.41, 5.74) is -1.25. The standard InChI is InChI=1S/C13H18N2O.C11H10F6O.C2H6/c16-10-14-9-15-13-7-12(8-13)11-5-3-1-2-4-6-11;1-6(18-2)7-3-8(10(12,13)14)5-9(4-7)11(15,16)17;1-2/h1,3,5,9-10,12-13H,2,4,6-8H2,(H,14,15,16);3-6H,1-2H3;1-2H3/t;6-;/m.1./s1. The molecule has 0 spiro atoms. The Morgan fingerprint density at radius 3 is 2.14 bits per heavy atom. The Morgan fingerprint density at radius 1 is 1.06 bits per heavy atom. The van der Waals surface area contributed by atoms with E-state index >= 15 is 0 Å². The number of carbonyl (C=O) groups is 1. The average molecular weight is 521 g/mol. The number of ether oxygens (including phenoxy) is 1. The summed E-state index contributed by atoms with van der Waals surface area (Å²) in [6.45, 7) is 5.37. The topological polar surface area (TPSA) is 50.7 Å². The zero-order chi connectivity index (χ0) is 27.4. The molecule has 4 nitrogen and oxygen atoms in total. The number of hydrogen-bond acceptors (Lipinski definition) is 3. The second-order valence-electron chi connectivity index (χ2n) is 8.16. The number of halogens is 6. The van der Waals surface area contributed by atoms with Crippen LogP contribution in [0.3, 0.4) is 0 Å². The van der Waals surface area contributed by atoms with Crippen molar-refractivity contribution < 1.29 is 35.9 Å². The van der Waals surface area contributed by atoms with E-state index in [2.05, 4.69) is 28.5 Å². The Hall–Kier alpha value is -2.62. The quantitative estimate of drug-likeness (QED) is 0.181. The molecule has 0 saturated heterocycles. The summed E-state index contributed by atoms with van der Waals surface area (Å²) in [5, 5.41) is 2.45. The highest BCUT2D eigenvalue weighted by Gasteiger charge is 2.37. The highest BCUT2D eigenvalue weighted by atomic mass is 19.4. The largest absolute Gasteiger partial charge is 0.416 e. The summed E-state index contributed by atoms with van der Waals surface area (Å²) in [4.78, 5) is 14.3. The Bertz CT molecular complexity index is 868. The molecule has 1 amide bonds. The molecule has 0 aromatic heterocycles. The number of amides is 1. The number of allylic oxidation sites excluding steroid dienone is 4. The lowest BCUT2D eigenvalue weighted by Crippen LogP contribution is -2.29. The Balaban J connectivity index is 0.000000338. The summed E-state index contributed by atoms with van der Waals surface area (Å²) in [6, 6.07) is 1.81. The van der Waals surface area contributed by atoms with Gasteiger partial charge in [-0.25, -0.2) is 0 Å². The molecule has 0 heterocycles. The molecule has 2 aliphatic rings. The van der Waals surface area contributed by atoms with Gasteiger partial charge in [-0.05, 0) is 68.7 Å². The van der Waals surface area contributed by atoms with E-state index in [4.69, 9.17) is 4.74 Å². The van der Waals surface area contributed by atoms with E-state index in [-0.39, 0.29) is 11.6 Å². The molecular weight excluding hydrogens is 486 g/mol. The van der Waals surface area contributed by atoms with Crippen LogP contribution >= 0.6 is 0 Å². The molecule has 1 atom stereocenters. The smallest absolute Gasteiger partial charge is 0.377 e. The fourth-order valence-corrected chi connectivity index (χ4v) is 3.68. The maximum absolute atomic E-state index is 12.5. The third kappa shape index (κ3) is 10.2. The van der Waals surface area contributed by atoms with Gasteiger partial charge in [-0.3, -0.25) is 9.79 Å². The second kappa shape index (κ2) is 14.8. The lowest BCUT2D eigenvalue weighted by Gasteiger charge is -2.34. The zero-order valence-corrected chi connectivity index (χ0v) is 20.9. The molecule has 0 aliphatic heterocycles. The van der Waals surface area contributed by atoms with Gasteiger partial charge in [0.05, 0.1) is 29.6 Å². The molecule has 1 N–H and O–H groups in total. The van der Waals surface area contributed by atoms with Crippen LogP contribution in [0.5, 0.6) is 0 Å². The number of benzene rings is 1. The lowest BCUT2D eigenvalue weighted by atomic mass is 9.74. The lowest BCUT2D eigenvalue weighted by molar-refractivity contribution is -0.143. The monoisotopic (exact) mass is 520 g/mol. The average Bonchev–Trinajstić information content (AvgIpc) is 3.09. The van der Waals surface area contributed by atoms with Crippen molar-refractivity contribution in [3.8, 4) is 0 Å². The molecule has 0 bridgehead atoms. The summed E-state index contributed by atoms with van der Waals surface area (Å²) in [5.74, 6) is 0.723. The first-order chi connectivity index (χ1) is 17.0. The molecule has 1 aromatic rings. The molecule has 3 rings (SSSR count). The summed E-state index contributed by atoms with van der Waals surface area (Å²) >= 11 is 0. The van der Waals surface area contributed by atoms with Crippen LogP contribution in [0.1, 0.15) is 75.7 Å². The van der Waals surface area contributed by atoms with E-state index < -0.39 is 29.6 Å². The van der Waals surface area contributed by atoms with Crippen molar-refractivity contribution in [3.63, 3.8) is 0 Å². The minimum Gasteiger partial charge on any atom is -0.377 e. The zero-order valence-electron chi connectivity index (χ0n) is 20.9. The van der Waals surface area contributed by atoms with E-state index in [1.165, 1.54) is 39.6 Å². The van der Waals surface area contributed by atoms with Gasteiger partial charge in [0.25, 0.3) is 0 Å². The normalized spacial score (nSPS) is 20.6. The van der Waals surface area contributed by atoms with Crippen molar-refractivity contribution in [2.45, 2.75) is 77.4 Å². The van der Waals surface area contributed by atoms with Gasteiger partial charge in [-0.1, -0.05) is 37.6 Å². The molecule has 0 unspecified atom stereocenters. The highest BCUT2D eigenvalue weighted by molar-refractivity contribution is 5.71. The van der Waals surface area contributed by atoms with Crippen LogP contribution in [0.15, 0.2) is 47.0 Å². The molecule has 202 valence electrons. The second-order valence-corrected chi connectivity index (χ2v) is 8.16. The van der Waals surface area contributed by atoms with Gasteiger partial charge in [0.2, 0.25) is 6.41 Å². The number of carbonyl (C=O) groups excluding carboxylic acids is 1. The van der Waals surface area contributed by atoms with Crippen LogP contribution in [0, 0.1) is 5.92 Å². The van der Waals surface area contributed by atoms with Crippen molar-refractivity contribution in [2.24, 2.45) is 10.9 Å². The first-order valence-electron chi connectivity index (χ1n) is 11.8. The van der Waals surface area contributed by atoms with Gasteiger partial charge in [0.1, 0.15) is 0 Å². The van der Waals surface area contributed by atoms with Gasteiger partial charge >= 0.3 is 12.4 Å². The van der Waals surface area contributed by atoms with Crippen LogP contribution in [0.25, 0.3) is 0 Å². The van der Waals surface area contributed by atoms with E-state index in [1.54, 1.807) is 5.57 Å². The van der Waals surface area contributed by atoms with Gasteiger partial charge < -0.3 is 10.1 Å². The summed E-state index contributed by atoms with van der Waals surface area (Å²) in [6.07, 6.45) is 4.35. The minimum atomic E-state index is -4.83. The molecular formula is C26H34F6N2O2. The highest BCUT2D eigenvalue weighted by Crippen LogP contribution is 2.39. The maximum atomic E-state index is 12.5. The van der Waals surface area contributed by atoms with E-state index in [0.29, 0.717) is 24.6 Å². The van der Waals surface area contributed by atoms with E-state index in [1.807, 2.05) is 13.8 Å². The number of nitrogens with one attached hydrogen (secondary N) is 1. The van der Waals surface area contributed by atoms with Crippen molar-refractivity contribution in [2.75, 3.05) is 7.11 Å². The predicted molar refractivity (Wildman–Crippen MR) is 128 cm³/mol. The third-order valence-electron chi connectivity index (χ3n) is 5.78. The number of aliphatic imine (C=N–C) groups is 1. The van der Waals surface area contributed by atoms with Crippen molar-refractivity contribution >= 4 is 12.7 Å². The first kappa shape index (κ1) is 31.4. The molecule has 2 aliphatic carbocycles. The molecule has 0 radical (unpaired) electrons. The van der Waals surface area contributed by atoms with E-state index in [9.17, 15) is 31.1 Å². The van der Waals surface area contributed by atoms with Crippen LogP contribution in [-0.4, -0.2) is 25.9 Å². The third-order valence-corrected chi connectivity index (χ3v) is 5.78. The van der Waals surface area contributed by atoms with E-state index in [0.717, 1.165) is 18.8 Å². The Labute approximate surface area is 208 Å². The number of methoxy groups -OCH3 is 1. The van der Waals surface area contributed by atoms with Crippen LogP contribution in [-0.2, 0) is 21.9 Å². The van der Waals surface area contributed by atoms with Gasteiger partial charge in [0, 0.05) is 7.11 Å². The fourth-order valence-electron chi connectivity index (χ4n) is 3.68. The minimum absolute atomic E-state index is 0.0892. The fraction of sp³-hybridized carbons (Fsp3) is 0.538. The van der Waals surface area contributed by atoms with Crippen molar-refractivity contribution in [1.82, 2.24) is 5.32 Å². The van der Waals surface area contributed by atoms with Gasteiger partial charge in [-0.15, -0.1) is 0 Å². The van der Waals surface area contributed by atoms with Crippen molar-refractivity contribution in [1.29, 1.82) is 0 Å². The van der Waals surface area contributed by atoms with Crippen LogP contribution in [0.4, 0.5) is 26.3 Å². The number of hydrogen-bond donors (Lipinski definition) is 1. The first-order valence-corrected chi connectivity index (χ1v) is 11.8. The molecule has 1 aromatic carbocycles. The number of alkyl halides is 6. The Morgan fingerprint density at radius 2 is 1.64 bits per heavy atom. The maximum Gasteiger partial charge on any atom is 0.416 e. The molecule has 1 saturated carbocycles. The summed E-state index contributed by atoms with van der Waals surface area (Å²) in [7, 11) is 1.21. The van der Waals surface area contributed by atoms with Gasteiger partial charge in [-0.2, -0.15) is 26.3 Å².